The van der Waals surface area contributed by atoms with Crippen LogP contribution in [0.4, 0.5) is 5.82 Å². The van der Waals surface area contributed by atoms with Gasteiger partial charge in [-0.05, 0) is 44.1 Å². The molecule has 5 heteroatoms. The molecule has 0 saturated carbocycles. The predicted molar refractivity (Wildman–Crippen MR) is 85.6 cm³/mol. The van der Waals surface area contributed by atoms with Crippen molar-refractivity contribution in [3.63, 3.8) is 0 Å². The van der Waals surface area contributed by atoms with Crippen molar-refractivity contribution in [3.8, 4) is 0 Å². The SMILES string of the molecule is CCc1cc(C(=O)NCC2(C)CCCS2)cc(NC)n1. The first-order valence-electron chi connectivity index (χ1n) is 7.17. The highest BCUT2D eigenvalue weighted by molar-refractivity contribution is 8.00. The summed E-state index contributed by atoms with van der Waals surface area (Å²) in [5.74, 6) is 1.94. The Morgan fingerprint density at radius 1 is 1.50 bits per heavy atom. The number of hydrogen-bond acceptors (Lipinski definition) is 4. The summed E-state index contributed by atoms with van der Waals surface area (Å²) in [6.45, 7) is 5.00. The van der Waals surface area contributed by atoms with E-state index in [1.165, 1.54) is 18.6 Å². The molecule has 1 atom stereocenters. The molecular weight excluding hydrogens is 270 g/mol. The first-order chi connectivity index (χ1) is 9.56. The minimum absolute atomic E-state index is 0.00711. The molecule has 0 radical (unpaired) electrons. The van der Waals surface area contributed by atoms with Crippen LogP contribution in [0.1, 0.15) is 42.7 Å². The number of carbonyl (C=O) groups is 1. The van der Waals surface area contributed by atoms with Gasteiger partial charge in [-0.2, -0.15) is 11.8 Å². The summed E-state index contributed by atoms with van der Waals surface area (Å²) >= 11 is 1.96. The van der Waals surface area contributed by atoms with E-state index in [0.717, 1.165) is 24.5 Å². The molecular formula is C15H23N3OS. The third-order valence-corrected chi connectivity index (χ3v) is 5.22. The van der Waals surface area contributed by atoms with Gasteiger partial charge in [-0.1, -0.05) is 6.92 Å². The predicted octanol–water partition coefficient (Wildman–Crippen LogP) is 2.70. The Bertz CT molecular complexity index is 462. The fraction of sp³-hybridized carbons (Fsp3) is 0.600. The number of aromatic nitrogens is 1. The van der Waals surface area contributed by atoms with E-state index in [1.54, 1.807) is 6.07 Å². The standard InChI is InChI=1S/C15H23N3OS/c1-4-12-8-11(9-13(16-3)18-12)14(19)17-10-15(2)6-5-7-20-15/h8-9H,4-7,10H2,1-3H3,(H,16,18)(H,17,19). The Morgan fingerprint density at radius 2 is 2.30 bits per heavy atom. The molecule has 2 rings (SSSR count). The first-order valence-corrected chi connectivity index (χ1v) is 8.16. The lowest BCUT2D eigenvalue weighted by atomic mass is 10.1. The first kappa shape index (κ1) is 15.2. The Hall–Kier alpha value is -1.23. The third kappa shape index (κ3) is 3.66. The van der Waals surface area contributed by atoms with E-state index < -0.39 is 0 Å². The van der Waals surface area contributed by atoms with Crippen LogP contribution in [0.3, 0.4) is 0 Å². The van der Waals surface area contributed by atoms with Crippen molar-refractivity contribution in [2.45, 2.75) is 37.9 Å². The monoisotopic (exact) mass is 293 g/mol. The number of amides is 1. The zero-order valence-electron chi connectivity index (χ0n) is 12.5. The molecule has 1 amide bonds. The van der Waals surface area contributed by atoms with Crippen molar-refractivity contribution >= 4 is 23.5 Å². The number of anilines is 1. The van der Waals surface area contributed by atoms with Crippen LogP contribution in [-0.4, -0.2) is 35.0 Å². The van der Waals surface area contributed by atoms with E-state index in [2.05, 4.69) is 22.5 Å². The van der Waals surface area contributed by atoms with Crippen LogP contribution in [0, 0.1) is 0 Å². The van der Waals surface area contributed by atoms with Crippen LogP contribution >= 0.6 is 11.8 Å². The molecule has 20 heavy (non-hydrogen) atoms. The Morgan fingerprint density at radius 3 is 2.90 bits per heavy atom. The quantitative estimate of drug-likeness (QED) is 0.876. The summed E-state index contributed by atoms with van der Waals surface area (Å²) in [5, 5.41) is 6.08. The third-order valence-electron chi connectivity index (χ3n) is 3.68. The molecule has 1 saturated heterocycles. The molecule has 0 spiro atoms. The van der Waals surface area contributed by atoms with Gasteiger partial charge in [-0.3, -0.25) is 4.79 Å². The van der Waals surface area contributed by atoms with E-state index >= 15 is 0 Å². The maximum atomic E-state index is 12.3. The van der Waals surface area contributed by atoms with Crippen molar-refractivity contribution in [1.29, 1.82) is 0 Å². The molecule has 1 aliphatic heterocycles. The van der Waals surface area contributed by atoms with Crippen LogP contribution in [0.15, 0.2) is 12.1 Å². The zero-order chi connectivity index (χ0) is 14.6. The van der Waals surface area contributed by atoms with Crippen molar-refractivity contribution < 1.29 is 4.79 Å². The van der Waals surface area contributed by atoms with E-state index in [9.17, 15) is 4.79 Å². The number of thioether (sulfide) groups is 1. The second-order valence-corrected chi connectivity index (χ2v) is 7.10. The second kappa shape index (κ2) is 6.48. The zero-order valence-corrected chi connectivity index (χ0v) is 13.3. The summed E-state index contributed by atoms with van der Waals surface area (Å²) in [5.41, 5.74) is 1.62. The average molecular weight is 293 g/mol. The van der Waals surface area contributed by atoms with Gasteiger partial charge in [0.1, 0.15) is 5.82 Å². The highest BCUT2D eigenvalue weighted by atomic mass is 32.2. The van der Waals surface area contributed by atoms with Crippen molar-refractivity contribution in [1.82, 2.24) is 10.3 Å². The Labute approximate surface area is 125 Å². The van der Waals surface area contributed by atoms with Gasteiger partial charge in [0.25, 0.3) is 5.91 Å². The molecule has 1 aromatic heterocycles. The molecule has 1 aliphatic rings. The van der Waals surface area contributed by atoms with Crippen molar-refractivity contribution in [3.05, 3.63) is 23.4 Å². The molecule has 4 nitrogen and oxygen atoms in total. The number of nitrogens with zero attached hydrogens (tertiary/aromatic N) is 1. The van der Waals surface area contributed by atoms with Crippen molar-refractivity contribution in [2.75, 3.05) is 24.7 Å². The maximum Gasteiger partial charge on any atom is 0.251 e. The summed E-state index contributed by atoms with van der Waals surface area (Å²) in [4.78, 5) is 16.7. The molecule has 110 valence electrons. The topological polar surface area (TPSA) is 54.0 Å². The van der Waals surface area contributed by atoms with Gasteiger partial charge < -0.3 is 10.6 Å². The van der Waals surface area contributed by atoms with Gasteiger partial charge in [-0.15, -0.1) is 0 Å². The van der Waals surface area contributed by atoms with Crippen LogP contribution in [-0.2, 0) is 6.42 Å². The van der Waals surface area contributed by atoms with Gasteiger partial charge >= 0.3 is 0 Å². The highest BCUT2D eigenvalue weighted by Crippen LogP contribution is 2.36. The summed E-state index contributed by atoms with van der Waals surface area (Å²) in [7, 11) is 1.82. The molecule has 0 aromatic carbocycles. The highest BCUT2D eigenvalue weighted by Gasteiger charge is 2.29. The lowest BCUT2D eigenvalue weighted by molar-refractivity contribution is 0.0950. The van der Waals surface area contributed by atoms with E-state index in [-0.39, 0.29) is 10.7 Å². The molecule has 0 aliphatic carbocycles. The lowest BCUT2D eigenvalue weighted by Crippen LogP contribution is -2.36. The van der Waals surface area contributed by atoms with Crippen molar-refractivity contribution in [2.24, 2.45) is 0 Å². The molecule has 1 unspecified atom stereocenters. The largest absolute Gasteiger partial charge is 0.373 e. The van der Waals surface area contributed by atoms with Crippen LogP contribution in [0.5, 0.6) is 0 Å². The van der Waals surface area contributed by atoms with Gasteiger partial charge in [0.2, 0.25) is 0 Å². The second-order valence-electron chi connectivity index (χ2n) is 5.42. The van der Waals surface area contributed by atoms with E-state index in [1.807, 2.05) is 31.8 Å². The van der Waals surface area contributed by atoms with Gasteiger partial charge in [-0.25, -0.2) is 4.98 Å². The lowest BCUT2D eigenvalue weighted by Gasteiger charge is -2.23. The normalized spacial score (nSPS) is 21.8. The van der Waals surface area contributed by atoms with Crippen LogP contribution in [0.2, 0.25) is 0 Å². The Balaban J connectivity index is 2.04. The fourth-order valence-electron chi connectivity index (χ4n) is 2.37. The van der Waals surface area contributed by atoms with Gasteiger partial charge in [0.15, 0.2) is 0 Å². The number of aryl methyl sites for hydroxylation is 1. The fourth-order valence-corrected chi connectivity index (χ4v) is 3.62. The van der Waals surface area contributed by atoms with Crippen LogP contribution in [0.25, 0.3) is 0 Å². The number of nitrogens with one attached hydrogen (secondary N) is 2. The number of rotatable bonds is 5. The minimum Gasteiger partial charge on any atom is -0.373 e. The van der Waals surface area contributed by atoms with E-state index in [0.29, 0.717) is 5.56 Å². The summed E-state index contributed by atoms with van der Waals surface area (Å²) in [6, 6.07) is 3.68. The van der Waals surface area contributed by atoms with Gasteiger partial charge in [0, 0.05) is 29.6 Å². The van der Waals surface area contributed by atoms with Gasteiger partial charge in [0.05, 0.1) is 0 Å². The smallest absolute Gasteiger partial charge is 0.251 e. The summed E-state index contributed by atoms with van der Waals surface area (Å²) < 4.78 is 0.197. The number of pyridine rings is 1. The minimum atomic E-state index is -0.00711. The van der Waals surface area contributed by atoms with E-state index in [4.69, 9.17) is 0 Å². The molecule has 2 N–H and O–H groups in total. The average Bonchev–Trinajstić information content (AvgIpc) is 2.91. The molecule has 2 heterocycles. The molecule has 0 bridgehead atoms. The molecule has 1 fully saturated rings. The number of hydrogen-bond donors (Lipinski definition) is 2. The summed E-state index contributed by atoms with van der Waals surface area (Å²) in [6.07, 6.45) is 3.25. The molecule has 1 aromatic rings. The van der Waals surface area contributed by atoms with Crippen LogP contribution < -0.4 is 10.6 Å². The Kier molecular flexibility index (Phi) is 4.91. The number of carbonyl (C=O) groups excluding carboxylic acids is 1. The maximum absolute atomic E-state index is 12.3.